The minimum absolute atomic E-state index is 0.523. The maximum atomic E-state index is 5.12. The van der Waals surface area contributed by atoms with Crippen LogP contribution in [0.25, 0.3) is 0 Å². The monoisotopic (exact) mass is 158 g/mol. The highest BCUT2D eigenvalue weighted by Gasteiger charge is 2.31. The van der Waals surface area contributed by atoms with Crippen molar-refractivity contribution in [3.8, 4) is 0 Å². The summed E-state index contributed by atoms with van der Waals surface area (Å²) in [5, 5.41) is 2.00. The number of hydrogen-bond donors (Lipinski definition) is 1. The molecule has 0 radical (unpaired) electrons. The van der Waals surface area contributed by atoms with Crippen LogP contribution in [0.5, 0.6) is 0 Å². The third-order valence-corrected chi connectivity index (χ3v) is 1.96. The number of nitrogens with zero attached hydrogens (tertiary/aromatic N) is 1. The molecule has 3 heteroatoms. The van der Waals surface area contributed by atoms with E-state index in [2.05, 4.69) is 5.43 Å². The van der Waals surface area contributed by atoms with Gasteiger partial charge in [-0.25, -0.2) is 0 Å². The largest absolute Gasteiger partial charge is 0.383 e. The van der Waals surface area contributed by atoms with Gasteiger partial charge in [0, 0.05) is 27.2 Å². The fourth-order valence-electron chi connectivity index (χ4n) is 1.29. The first-order valence-corrected chi connectivity index (χ1v) is 4.16. The predicted octanol–water partition coefficient (Wildman–Crippen LogP) is 0.478. The Labute approximate surface area is 68.7 Å². The summed E-state index contributed by atoms with van der Waals surface area (Å²) in [7, 11) is 5.79. The maximum Gasteiger partial charge on any atom is 0.0632 e. The Morgan fingerprint density at radius 1 is 1.55 bits per heavy atom. The highest BCUT2D eigenvalue weighted by atomic mass is 16.5. The van der Waals surface area contributed by atoms with Gasteiger partial charge in [-0.15, -0.1) is 0 Å². The zero-order valence-electron chi connectivity index (χ0n) is 7.63. The van der Waals surface area contributed by atoms with Crippen molar-refractivity contribution >= 4 is 0 Å². The molecule has 1 aliphatic rings. The molecule has 1 atom stereocenters. The molecule has 0 bridgehead atoms. The molecule has 0 aliphatic heterocycles. The average Bonchev–Trinajstić information content (AvgIpc) is 2.66. The lowest BCUT2D eigenvalue weighted by molar-refractivity contribution is 0.116. The molecule has 0 aromatic carbocycles. The van der Waals surface area contributed by atoms with Gasteiger partial charge >= 0.3 is 0 Å². The molecule has 11 heavy (non-hydrogen) atoms. The molecular weight excluding hydrogens is 140 g/mol. The fraction of sp³-hybridized carbons (Fsp3) is 1.00. The normalized spacial score (nSPS) is 20.7. The Morgan fingerprint density at radius 3 is 2.55 bits per heavy atom. The molecule has 1 unspecified atom stereocenters. The van der Waals surface area contributed by atoms with Crippen LogP contribution in [0.15, 0.2) is 0 Å². The number of hydrazine groups is 1. The van der Waals surface area contributed by atoms with Gasteiger partial charge in [-0.3, -0.25) is 10.4 Å². The molecule has 66 valence electrons. The lowest BCUT2D eigenvalue weighted by atomic mass is 10.2. The van der Waals surface area contributed by atoms with E-state index in [4.69, 9.17) is 4.74 Å². The highest BCUT2D eigenvalue weighted by Crippen LogP contribution is 2.32. The summed E-state index contributed by atoms with van der Waals surface area (Å²) in [6.07, 6.45) is 2.71. The number of hydrogen-bond acceptors (Lipinski definition) is 3. The second-order valence-electron chi connectivity index (χ2n) is 3.42. The van der Waals surface area contributed by atoms with E-state index in [-0.39, 0.29) is 0 Å². The van der Waals surface area contributed by atoms with E-state index in [0.29, 0.717) is 6.04 Å². The van der Waals surface area contributed by atoms with Crippen molar-refractivity contribution in [1.29, 1.82) is 0 Å². The smallest absolute Gasteiger partial charge is 0.0632 e. The highest BCUT2D eigenvalue weighted by molar-refractivity contribution is 4.85. The SMILES string of the molecule is COCC(NN(C)C)C1CC1. The predicted molar refractivity (Wildman–Crippen MR) is 45.2 cm³/mol. The van der Waals surface area contributed by atoms with Gasteiger partial charge in [0.1, 0.15) is 0 Å². The number of ether oxygens (including phenoxy) is 1. The molecule has 3 nitrogen and oxygen atoms in total. The summed E-state index contributed by atoms with van der Waals surface area (Å²) < 4.78 is 5.12. The molecule has 0 amide bonds. The van der Waals surface area contributed by atoms with Crippen LogP contribution in [0.2, 0.25) is 0 Å². The lowest BCUT2D eigenvalue weighted by Crippen LogP contribution is -2.43. The zero-order chi connectivity index (χ0) is 8.27. The second kappa shape index (κ2) is 4.04. The van der Waals surface area contributed by atoms with Crippen molar-refractivity contribution in [2.75, 3.05) is 27.8 Å². The van der Waals surface area contributed by atoms with Gasteiger partial charge in [-0.2, -0.15) is 0 Å². The van der Waals surface area contributed by atoms with E-state index < -0.39 is 0 Å². The summed E-state index contributed by atoms with van der Waals surface area (Å²) in [4.78, 5) is 0. The van der Waals surface area contributed by atoms with Crippen LogP contribution in [0.4, 0.5) is 0 Å². The molecule has 0 aromatic rings. The molecule has 0 aromatic heterocycles. The summed E-state index contributed by atoms with van der Waals surface area (Å²) in [5.41, 5.74) is 3.35. The summed E-state index contributed by atoms with van der Waals surface area (Å²) >= 11 is 0. The van der Waals surface area contributed by atoms with E-state index in [1.807, 2.05) is 19.1 Å². The fourth-order valence-corrected chi connectivity index (χ4v) is 1.29. The first-order chi connectivity index (χ1) is 5.24. The summed E-state index contributed by atoms with van der Waals surface area (Å²) in [5.74, 6) is 0.845. The van der Waals surface area contributed by atoms with Crippen molar-refractivity contribution in [2.45, 2.75) is 18.9 Å². The molecular formula is C8H18N2O. The molecule has 0 spiro atoms. The lowest BCUT2D eigenvalue weighted by Gasteiger charge is -2.21. The molecule has 1 fully saturated rings. The second-order valence-corrected chi connectivity index (χ2v) is 3.42. The summed E-state index contributed by atoms with van der Waals surface area (Å²) in [6, 6.07) is 0.523. The molecule has 1 aliphatic carbocycles. The quantitative estimate of drug-likeness (QED) is 0.589. The average molecular weight is 158 g/mol. The van der Waals surface area contributed by atoms with Crippen LogP contribution in [0, 0.1) is 5.92 Å². The van der Waals surface area contributed by atoms with Gasteiger partial charge in [0.15, 0.2) is 0 Å². The third-order valence-electron chi connectivity index (χ3n) is 1.96. The Balaban J connectivity index is 2.20. The van der Waals surface area contributed by atoms with Crippen LogP contribution in [-0.2, 0) is 4.74 Å². The van der Waals surface area contributed by atoms with Crippen molar-refractivity contribution in [3.63, 3.8) is 0 Å². The number of rotatable bonds is 5. The van der Waals surface area contributed by atoms with Gasteiger partial charge in [0.25, 0.3) is 0 Å². The first kappa shape index (κ1) is 8.97. The topological polar surface area (TPSA) is 24.5 Å². The maximum absolute atomic E-state index is 5.12. The van der Waals surface area contributed by atoms with Gasteiger partial charge in [-0.05, 0) is 18.8 Å². The van der Waals surface area contributed by atoms with Crippen LogP contribution < -0.4 is 5.43 Å². The van der Waals surface area contributed by atoms with Crippen molar-refractivity contribution in [3.05, 3.63) is 0 Å². The Hall–Kier alpha value is -0.120. The van der Waals surface area contributed by atoms with E-state index >= 15 is 0 Å². The van der Waals surface area contributed by atoms with E-state index in [9.17, 15) is 0 Å². The van der Waals surface area contributed by atoms with Gasteiger partial charge in [0.2, 0.25) is 0 Å². The molecule has 1 N–H and O–H groups in total. The zero-order valence-corrected chi connectivity index (χ0v) is 7.63. The van der Waals surface area contributed by atoms with Crippen molar-refractivity contribution in [2.24, 2.45) is 5.92 Å². The van der Waals surface area contributed by atoms with E-state index in [0.717, 1.165) is 12.5 Å². The first-order valence-electron chi connectivity index (χ1n) is 4.16. The number of nitrogens with one attached hydrogen (secondary N) is 1. The molecule has 0 saturated heterocycles. The molecule has 1 saturated carbocycles. The molecule has 1 rings (SSSR count). The van der Waals surface area contributed by atoms with Crippen molar-refractivity contribution in [1.82, 2.24) is 10.4 Å². The van der Waals surface area contributed by atoms with Crippen molar-refractivity contribution < 1.29 is 4.74 Å². The Morgan fingerprint density at radius 2 is 2.18 bits per heavy atom. The van der Waals surface area contributed by atoms with E-state index in [1.54, 1.807) is 7.11 Å². The molecule has 0 heterocycles. The summed E-state index contributed by atoms with van der Waals surface area (Å²) in [6.45, 7) is 0.822. The minimum atomic E-state index is 0.523. The van der Waals surface area contributed by atoms with Gasteiger partial charge in [0.05, 0.1) is 6.61 Å². The Kier molecular flexibility index (Phi) is 3.30. The van der Waals surface area contributed by atoms with Gasteiger partial charge in [-0.1, -0.05) is 0 Å². The third kappa shape index (κ3) is 3.18. The van der Waals surface area contributed by atoms with Crippen LogP contribution in [0.1, 0.15) is 12.8 Å². The van der Waals surface area contributed by atoms with Crippen LogP contribution >= 0.6 is 0 Å². The minimum Gasteiger partial charge on any atom is -0.383 e. The standard InChI is InChI=1S/C8H18N2O/c1-10(2)9-8(6-11-3)7-4-5-7/h7-9H,4-6H2,1-3H3. The Bertz CT molecular complexity index is 113. The van der Waals surface area contributed by atoms with Crippen LogP contribution in [-0.4, -0.2) is 38.9 Å². The number of methoxy groups -OCH3 is 1. The van der Waals surface area contributed by atoms with Crippen LogP contribution in [0.3, 0.4) is 0 Å². The van der Waals surface area contributed by atoms with Gasteiger partial charge < -0.3 is 4.74 Å². The van der Waals surface area contributed by atoms with E-state index in [1.165, 1.54) is 12.8 Å².